The Hall–Kier alpha value is -2.81. The number of nitrogens with one attached hydrogen (secondary N) is 1. The van der Waals surface area contributed by atoms with Crippen molar-refractivity contribution in [1.82, 2.24) is 19.8 Å². The molecule has 1 saturated heterocycles. The van der Waals surface area contributed by atoms with Crippen LogP contribution in [0.3, 0.4) is 0 Å². The van der Waals surface area contributed by atoms with Crippen molar-refractivity contribution < 1.29 is 14.3 Å². The van der Waals surface area contributed by atoms with E-state index in [4.69, 9.17) is 4.74 Å². The Labute approximate surface area is 166 Å². The summed E-state index contributed by atoms with van der Waals surface area (Å²) in [5.74, 6) is 0.113. The summed E-state index contributed by atoms with van der Waals surface area (Å²) in [4.78, 5) is 46.5. The number of thioether (sulfide) groups is 1. The van der Waals surface area contributed by atoms with E-state index in [2.05, 4.69) is 9.97 Å². The monoisotopic (exact) mass is 402 g/mol. The number of rotatable bonds is 5. The van der Waals surface area contributed by atoms with Crippen LogP contribution in [0.1, 0.15) is 6.92 Å². The molecule has 0 atom stereocenters. The highest BCUT2D eigenvalue weighted by atomic mass is 32.2. The van der Waals surface area contributed by atoms with Crippen molar-refractivity contribution in [3.8, 4) is 11.3 Å². The third kappa shape index (κ3) is 5.13. The topological polar surface area (TPSA) is 95.6 Å². The number of aromatic nitrogens is 2. The van der Waals surface area contributed by atoms with Gasteiger partial charge in [-0.1, -0.05) is 42.1 Å². The molecule has 9 heteroatoms. The van der Waals surface area contributed by atoms with Gasteiger partial charge in [0.2, 0.25) is 5.91 Å². The maximum absolute atomic E-state index is 12.5. The lowest BCUT2D eigenvalue weighted by Gasteiger charge is -2.34. The molecule has 1 aromatic heterocycles. The van der Waals surface area contributed by atoms with Crippen LogP contribution in [0.2, 0.25) is 0 Å². The average molecular weight is 402 g/mol. The summed E-state index contributed by atoms with van der Waals surface area (Å²) >= 11 is 1.20. The molecule has 0 aliphatic carbocycles. The first-order chi connectivity index (χ1) is 13.6. The number of hydrogen-bond acceptors (Lipinski definition) is 6. The van der Waals surface area contributed by atoms with Gasteiger partial charge < -0.3 is 19.5 Å². The minimum Gasteiger partial charge on any atom is -0.450 e. The molecule has 28 heavy (non-hydrogen) atoms. The second-order valence-corrected chi connectivity index (χ2v) is 7.12. The first kappa shape index (κ1) is 19.9. The second kappa shape index (κ2) is 9.41. The summed E-state index contributed by atoms with van der Waals surface area (Å²) in [5.41, 5.74) is 1.16. The number of aromatic amines is 1. The van der Waals surface area contributed by atoms with Crippen LogP contribution >= 0.6 is 11.8 Å². The molecule has 0 saturated carbocycles. The summed E-state index contributed by atoms with van der Waals surface area (Å²) in [6.07, 6.45) is -0.344. The molecule has 8 nitrogen and oxygen atoms in total. The molecule has 0 spiro atoms. The van der Waals surface area contributed by atoms with Gasteiger partial charge in [0.05, 0.1) is 18.1 Å². The third-order valence-electron chi connectivity index (χ3n) is 4.28. The molecule has 1 fully saturated rings. The molecule has 0 bridgehead atoms. The molecule has 1 aliphatic rings. The Balaban J connectivity index is 1.56. The van der Waals surface area contributed by atoms with Crippen LogP contribution in [0.4, 0.5) is 4.79 Å². The minimum atomic E-state index is -0.344. The third-order valence-corrected chi connectivity index (χ3v) is 5.14. The Kier molecular flexibility index (Phi) is 6.70. The van der Waals surface area contributed by atoms with Crippen molar-refractivity contribution in [2.75, 3.05) is 38.5 Å². The van der Waals surface area contributed by atoms with Gasteiger partial charge in [0.25, 0.3) is 5.56 Å². The van der Waals surface area contributed by atoms with Gasteiger partial charge in [-0.15, -0.1) is 0 Å². The lowest BCUT2D eigenvalue weighted by atomic mass is 10.1. The maximum atomic E-state index is 12.5. The number of nitrogens with zero attached hydrogens (tertiary/aromatic N) is 3. The van der Waals surface area contributed by atoms with Crippen molar-refractivity contribution in [2.24, 2.45) is 0 Å². The number of hydrogen-bond donors (Lipinski definition) is 1. The van der Waals surface area contributed by atoms with Crippen LogP contribution in [0.5, 0.6) is 0 Å². The fourth-order valence-corrected chi connectivity index (χ4v) is 3.61. The first-order valence-corrected chi connectivity index (χ1v) is 10.0. The smallest absolute Gasteiger partial charge is 0.409 e. The summed E-state index contributed by atoms with van der Waals surface area (Å²) in [6, 6.07) is 10.9. The number of benzene rings is 1. The molecule has 1 N–H and O–H groups in total. The van der Waals surface area contributed by atoms with Crippen molar-refractivity contribution in [3.63, 3.8) is 0 Å². The van der Waals surface area contributed by atoms with Gasteiger partial charge in [0.1, 0.15) is 0 Å². The van der Waals surface area contributed by atoms with E-state index in [-0.39, 0.29) is 23.3 Å². The van der Waals surface area contributed by atoms with Crippen molar-refractivity contribution in [3.05, 3.63) is 46.8 Å². The standard InChI is InChI=1S/C19H22N4O4S/c1-2-27-19(26)23-10-8-22(9-11-23)17(25)13-28-18-20-15(12-16(24)21-18)14-6-4-3-5-7-14/h3-7,12H,2,8-11,13H2,1H3,(H,20,21,24). The van der Waals surface area contributed by atoms with E-state index in [0.717, 1.165) is 5.56 Å². The zero-order valence-electron chi connectivity index (χ0n) is 15.6. The molecule has 0 unspecified atom stereocenters. The molecule has 0 radical (unpaired) electrons. The Morgan fingerprint density at radius 3 is 2.50 bits per heavy atom. The lowest BCUT2D eigenvalue weighted by Crippen LogP contribution is -2.51. The van der Waals surface area contributed by atoms with E-state index in [1.54, 1.807) is 16.7 Å². The molecule has 3 rings (SSSR count). The van der Waals surface area contributed by atoms with E-state index in [1.807, 2.05) is 30.3 Å². The largest absolute Gasteiger partial charge is 0.450 e. The van der Waals surface area contributed by atoms with Crippen LogP contribution in [-0.4, -0.2) is 70.3 Å². The van der Waals surface area contributed by atoms with Crippen LogP contribution < -0.4 is 5.56 Å². The fourth-order valence-electron chi connectivity index (χ4n) is 2.84. The summed E-state index contributed by atoms with van der Waals surface area (Å²) < 4.78 is 4.98. The normalized spacial score (nSPS) is 14.0. The van der Waals surface area contributed by atoms with E-state index in [9.17, 15) is 14.4 Å². The Morgan fingerprint density at radius 2 is 1.82 bits per heavy atom. The maximum Gasteiger partial charge on any atom is 0.409 e. The number of carbonyl (C=O) groups is 2. The minimum absolute atomic E-state index is 0.0544. The van der Waals surface area contributed by atoms with E-state index in [1.165, 1.54) is 17.8 Å². The molecule has 2 heterocycles. The highest BCUT2D eigenvalue weighted by molar-refractivity contribution is 7.99. The van der Waals surface area contributed by atoms with Gasteiger partial charge in [-0.25, -0.2) is 9.78 Å². The fraction of sp³-hybridized carbons (Fsp3) is 0.368. The molecule has 2 amide bonds. The van der Waals surface area contributed by atoms with Crippen molar-refractivity contribution in [1.29, 1.82) is 0 Å². The SMILES string of the molecule is CCOC(=O)N1CCN(C(=O)CSc2nc(-c3ccccc3)cc(=O)[nH]2)CC1. The number of H-pyrrole nitrogens is 1. The predicted octanol–water partition coefficient (Wildman–Crippen LogP) is 1.83. The van der Waals surface area contributed by atoms with Gasteiger partial charge in [0.15, 0.2) is 5.16 Å². The van der Waals surface area contributed by atoms with Crippen molar-refractivity contribution in [2.45, 2.75) is 12.1 Å². The summed E-state index contributed by atoms with van der Waals surface area (Å²) in [6.45, 7) is 3.93. The zero-order chi connectivity index (χ0) is 19.9. The van der Waals surface area contributed by atoms with Crippen LogP contribution in [0.25, 0.3) is 11.3 Å². The average Bonchev–Trinajstić information content (AvgIpc) is 2.72. The summed E-state index contributed by atoms with van der Waals surface area (Å²) in [5, 5.41) is 0.407. The number of amides is 2. The highest BCUT2D eigenvalue weighted by Crippen LogP contribution is 2.19. The molecule has 148 valence electrons. The molecule has 2 aromatic rings. The zero-order valence-corrected chi connectivity index (χ0v) is 16.4. The number of carbonyl (C=O) groups excluding carboxylic acids is 2. The van der Waals surface area contributed by atoms with E-state index in [0.29, 0.717) is 43.6 Å². The van der Waals surface area contributed by atoms with Crippen LogP contribution in [0, 0.1) is 0 Å². The molecular weight excluding hydrogens is 380 g/mol. The predicted molar refractivity (Wildman–Crippen MR) is 106 cm³/mol. The van der Waals surface area contributed by atoms with Gasteiger partial charge >= 0.3 is 6.09 Å². The Morgan fingerprint density at radius 1 is 1.14 bits per heavy atom. The van der Waals surface area contributed by atoms with Gasteiger partial charge in [-0.2, -0.15) is 0 Å². The lowest BCUT2D eigenvalue weighted by molar-refractivity contribution is -0.129. The number of piperazine rings is 1. The first-order valence-electron chi connectivity index (χ1n) is 9.06. The second-order valence-electron chi connectivity index (χ2n) is 6.16. The molecule has 1 aromatic carbocycles. The highest BCUT2D eigenvalue weighted by Gasteiger charge is 2.24. The van der Waals surface area contributed by atoms with Gasteiger partial charge in [-0.05, 0) is 6.92 Å². The molecular formula is C19H22N4O4S. The van der Waals surface area contributed by atoms with E-state index >= 15 is 0 Å². The van der Waals surface area contributed by atoms with Gasteiger partial charge in [0, 0.05) is 37.8 Å². The van der Waals surface area contributed by atoms with Crippen molar-refractivity contribution >= 4 is 23.8 Å². The van der Waals surface area contributed by atoms with Crippen LogP contribution in [-0.2, 0) is 9.53 Å². The summed E-state index contributed by atoms with van der Waals surface area (Å²) in [7, 11) is 0. The van der Waals surface area contributed by atoms with Crippen LogP contribution in [0.15, 0.2) is 46.3 Å². The molecule has 1 aliphatic heterocycles. The van der Waals surface area contributed by atoms with E-state index < -0.39 is 0 Å². The Bertz CT molecular complexity index is 879. The quantitative estimate of drug-likeness (QED) is 0.606. The van der Waals surface area contributed by atoms with Gasteiger partial charge in [-0.3, -0.25) is 9.59 Å². The number of ether oxygens (including phenoxy) is 1.